The first-order chi connectivity index (χ1) is 16.4. The van der Waals surface area contributed by atoms with Crippen LogP contribution in [0.25, 0.3) is 11.1 Å². The van der Waals surface area contributed by atoms with E-state index in [0.29, 0.717) is 18.8 Å². The van der Waals surface area contributed by atoms with Crippen LogP contribution in [-0.2, 0) is 14.3 Å². The third kappa shape index (κ3) is 4.04. The number of carbonyl (C=O) groups excluding carboxylic acids is 2. The number of aliphatic carboxylic acids is 1. The molecule has 2 aromatic rings. The lowest BCUT2D eigenvalue weighted by molar-refractivity contribution is -0.167. The van der Waals surface area contributed by atoms with Gasteiger partial charge in [-0.25, -0.2) is 4.79 Å². The van der Waals surface area contributed by atoms with Gasteiger partial charge in [-0.15, -0.1) is 0 Å². The van der Waals surface area contributed by atoms with Gasteiger partial charge in [0.2, 0.25) is 5.91 Å². The Hall–Kier alpha value is -3.35. The van der Waals surface area contributed by atoms with E-state index in [4.69, 9.17) is 4.74 Å². The molecule has 3 aliphatic rings. The molecule has 7 nitrogen and oxygen atoms in total. The zero-order chi connectivity index (χ0) is 23.9. The Labute approximate surface area is 199 Å². The number of nitrogens with one attached hydrogen (secondary N) is 1. The second-order valence-electron chi connectivity index (χ2n) is 9.83. The third-order valence-electron chi connectivity index (χ3n) is 7.63. The first-order valence-electron chi connectivity index (χ1n) is 12.1. The van der Waals surface area contributed by atoms with E-state index >= 15 is 0 Å². The van der Waals surface area contributed by atoms with Gasteiger partial charge < -0.3 is 20.1 Å². The second-order valence-corrected chi connectivity index (χ2v) is 9.83. The zero-order valence-electron chi connectivity index (χ0n) is 19.3. The van der Waals surface area contributed by atoms with Gasteiger partial charge in [0.05, 0.1) is 0 Å². The number of ether oxygens (including phenoxy) is 1. The van der Waals surface area contributed by atoms with Gasteiger partial charge in [0.15, 0.2) is 0 Å². The van der Waals surface area contributed by atoms with E-state index in [2.05, 4.69) is 29.6 Å². The maximum Gasteiger partial charge on any atom is 0.407 e. The Morgan fingerprint density at radius 1 is 1.06 bits per heavy atom. The topological polar surface area (TPSA) is 95.9 Å². The van der Waals surface area contributed by atoms with E-state index < -0.39 is 23.5 Å². The average molecular weight is 463 g/mol. The van der Waals surface area contributed by atoms with Crippen molar-refractivity contribution in [3.05, 3.63) is 59.7 Å². The minimum atomic E-state index is -0.873. The average Bonchev–Trinajstić information content (AvgIpc) is 3.57. The van der Waals surface area contributed by atoms with E-state index in [1.165, 1.54) is 0 Å². The van der Waals surface area contributed by atoms with Crippen LogP contribution in [-0.4, -0.2) is 53.7 Å². The van der Waals surface area contributed by atoms with Gasteiger partial charge in [0, 0.05) is 19.0 Å². The molecule has 34 heavy (non-hydrogen) atoms. The first-order valence-corrected chi connectivity index (χ1v) is 12.1. The number of rotatable bonds is 8. The van der Waals surface area contributed by atoms with Gasteiger partial charge in [0.25, 0.3) is 0 Å². The molecular weight excluding hydrogens is 432 g/mol. The summed E-state index contributed by atoms with van der Waals surface area (Å²) < 4.78 is 5.64. The summed E-state index contributed by atoms with van der Waals surface area (Å²) in [6.07, 6.45) is 2.51. The van der Waals surface area contributed by atoms with Crippen LogP contribution in [0.15, 0.2) is 48.5 Å². The summed E-state index contributed by atoms with van der Waals surface area (Å²) in [7, 11) is 0. The largest absolute Gasteiger partial charge is 0.481 e. The third-order valence-corrected chi connectivity index (χ3v) is 7.63. The standard InChI is InChI=1S/C27H30N2O5/c1-2-27(25(31)32)15-29(16-27)24(30)23(13-17-11-12-17)28-26(33)34-14-22-20-9-5-3-7-18(20)19-8-4-6-10-21(19)22/h3-10,17,22-23H,2,11-16H2,1H3,(H,28,33)(H,31,32). The summed E-state index contributed by atoms with van der Waals surface area (Å²) >= 11 is 0. The lowest BCUT2D eigenvalue weighted by Gasteiger charge is -2.47. The molecule has 2 fully saturated rings. The molecule has 1 unspecified atom stereocenters. The fourth-order valence-corrected chi connectivity index (χ4v) is 5.26. The highest BCUT2D eigenvalue weighted by atomic mass is 16.5. The van der Waals surface area contributed by atoms with Crippen LogP contribution in [0.5, 0.6) is 0 Å². The molecular formula is C27H30N2O5. The summed E-state index contributed by atoms with van der Waals surface area (Å²) in [5.74, 6) is -0.723. The van der Waals surface area contributed by atoms with Gasteiger partial charge in [0.1, 0.15) is 18.1 Å². The molecule has 2 aliphatic carbocycles. The van der Waals surface area contributed by atoms with Crippen molar-refractivity contribution in [2.24, 2.45) is 11.3 Å². The highest BCUT2D eigenvalue weighted by molar-refractivity contribution is 5.89. The van der Waals surface area contributed by atoms with E-state index in [9.17, 15) is 19.5 Å². The predicted molar refractivity (Wildman–Crippen MR) is 126 cm³/mol. The minimum absolute atomic E-state index is 0.0492. The van der Waals surface area contributed by atoms with Crippen LogP contribution in [0, 0.1) is 11.3 Å². The number of carbonyl (C=O) groups is 3. The number of benzene rings is 2. The number of fused-ring (bicyclic) bond motifs is 3. The van der Waals surface area contributed by atoms with Crippen molar-refractivity contribution in [3.8, 4) is 11.1 Å². The van der Waals surface area contributed by atoms with E-state index in [0.717, 1.165) is 35.1 Å². The molecule has 0 aromatic heterocycles. The first kappa shape index (κ1) is 22.4. The van der Waals surface area contributed by atoms with Crippen LogP contribution < -0.4 is 5.32 Å². The monoisotopic (exact) mass is 462 g/mol. The van der Waals surface area contributed by atoms with Crippen LogP contribution in [0.2, 0.25) is 0 Å². The molecule has 1 saturated carbocycles. The van der Waals surface area contributed by atoms with Gasteiger partial charge in [-0.1, -0.05) is 68.3 Å². The Kier molecular flexibility index (Phi) is 5.80. The number of alkyl carbamates (subject to hydrolysis) is 1. The summed E-state index contributed by atoms with van der Waals surface area (Å²) in [6.45, 7) is 2.38. The fourth-order valence-electron chi connectivity index (χ4n) is 5.26. The lowest BCUT2D eigenvalue weighted by atomic mass is 9.77. The van der Waals surface area contributed by atoms with Gasteiger partial charge in [-0.2, -0.15) is 0 Å². The van der Waals surface area contributed by atoms with Crippen molar-refractivity contribution >= 4 is 18.0 Å². The van der Waals surface area contributed by atoms with Crippen LogP contribution >= 0.6 is 0 Å². The molecule has 178 valence electrons. The van der Waals surface area contributed by atoms with Gasteiger partial charge in [-0.3, -0.25) is 9.59 Å². The quantitative estimate of drug-likeness (QED) is 0.618. The molecule has 5 rings (SSSR count). The van der Waals surface area contributed by atoms with Crippen LogP contribution in [0.3, 0.4) is 0 Å². The Balaban J connectivity index is 1.23. The molecule has 1 aliphatic heterocycles. The van der Waals surface area contributed by atoms with Crippen molar-refractivity contribution < 1.29 is 24.2 Å². The van der Waals surface area contributed by atoms with Crippen molar-refractivity contribution in [2.75, 3.05) is 19.7 Å². The van der Waals surface area contributed by atoms with Crippen LogP contribution in [0.1, 0.15) is 49.7 Å². The normalized spacial score (nSPS) is 18.9. The Bertz CT molecular complexity index is 1070. The molecule has 0 bridgehead atoms. The number of carboxylic acids is 1. The molecule has 1 heterocycles. The smallest absolute Gasteiger partial charge is 0.407 e. The second kappa shape index (κ2) is 8.78. The van der Waals surface area contributed by atoms with E-state index in [-0.39, 0.29) is 31.5 Å². The molecule has 2 N–H and O–H groups in total. The molecule has 2 aromatic carbocycles. The fraction of sp³-hybridized carbons (Fsp3) is 0.444. The number of nitrogens with zero attached hydrogens (tertiary/aromatic N) is 1. The number of likely N-dealkylation sites (tertiary alicyclic amines) is 1. The zero-order valence-corrected chi connectivity index (χ0v) is 19.3. The number of carboxylic acid groups (broad SMARTS) is 1. The summed E-state index contributed by atoms with van der Waals surface area (Å²) in [5, 5.41) is 12.3. The maximum atomic E-state index is 13.1. The SMILES string of the molecule is CCC1(C(=O)O)CN(C(=O)C(CC2CC2)NC(=O)OCC2c3ccccc3-c3ccccc32)C1. The Morgan fingerprint density at radius 2 is 1.65 bits per heavy atom. The summed E-state index contributed by atoms with van der Waals surface area (Å²) in [5.41, 5.74) is 3.71. The predicted octanol–water partition coefficient (Wildman–Crippen LogP) is 4.02. The number of amides is 2. The maximum absolute atomic E-state index is 13.1. The highest BCUT2D eigenvalue weighted by Gasteiger charge is 2.51. The Morgan fingerprint density at radius 3 is 2.18 bits per heavy atom. The van der Waals surface area contributed by atoms with Gasteiger partial charge in [-0.05, 0) is 41.0 Å². The number of hydrogen-bond acceptors (Lipinski definition) is 4. The number of hydrogen-bond donors (Lipinski definition) is 2. The lowest BCUT2D eigenvalue weighted by Crippen LogP contribution is -2.65. The van der Waals surface area contributed by atoms with Crippen molar-refractivity contribution in [2.45, 2.75) is 44.6 Å². The molecule has 1 saturated heterocycles. The molecule has 2 amide bonds. The van der Waals surface area contributed by atoms with Crippen molar-refractivity contribution in [1.82, 2.24) is 10.2 Å². The molecule has 7 heteroatoms. The van der Waals surface area contributed by atoms with Gasteiger partial charge >= 0.3 is 12.1 Å². The van der Waals surface area contributed by atoms with Crippen molar-refractivity contribution in [3.63, 3.8) is 0 Å². The molecule has 1 atom stereocenters. The molecule has 0 spiro atoms. The van der Waals surface area contributed by atoms with Crippen molar-refractivity contribution in [1.29, 1.82) is 0 Å². The molecule has 0 radical (unpaired) electrons. The summed E-state index contributed by atoms with van der Waals surface area (Å²) in [6, 6.07) is 15.6. The van der Waals surface area contributed by atoms with Crippen LogP contribution in [0.4, 0.5) is 4.79 Å². The minimum Gasteiger partial charge on any atom is -0.481 e. The summed E-state index contributed by atoms with van der Waals surface area (Å²) in [4.78, 5) is 39.0. The van der Waals surface area contributed by atoms with E-state index in [1.54, 1.807) is 4.90 Å². The highest BCUT2D eigenvalue weighted by Crippen LogP contribution is 2.44. The van der Waals surface area contributed by atoms with E-state index in [1.807, 2.05) is 31.2 Å².